The molecule has 2 N–H and O–H groups in total. The standard InChI is InChI=1S/C24H26N4O2/c29-20-5-3-4-19(12-20)21-14-28(15-22-23(21)26-16-25-22)24(30)18-8-6-17(7-9-18)13-27-10-1-2-11-27/h3-9,12,16,21,29H,1-2,10-11,13-15H2,(H,25,26). The number of phenols is 1. The Labute approximate surface area is 176 Å². The van der Waals surface area contributed by atoms with Gasteiger partial charge in [0.25, 0.3) is 5.91 Å². The van der Waals surface area contributed by atoms with Crippen molar-refractivity contribution in [1.82, 2.24) is 19.8 Å². The lowest BCUT2D eigenvalue weighted by Crippen LogP contribution is -2.38. The molecule has 3 aromatic rings. The number of hydrogen-bond acceptors (Lipinski definition) is 4. The molecular formula is C24H26N4O2. The summed E-state index contributed by atoms with van der Waals surface area (Å²) in [5.74, 6) is 0.181. The van der Waals surface area contributed by atoms with Crippen molar-refractivity contribution in [2.45, 2.75) is 31.8 Å². The second-order valence-corrected chi connectivity index (χ2v) is 8.28. The van der Waals surface area contributed by atoms with Crippen LogP contribution in [0.2, 0.25) is 0 Å². The average molecular weight is 402 g/mol. The second-order valence-electron chi connectivity index (χ2n) is 8.28. The molecule has 0 bridgehead atoms. The van der Waals surface area contributed by atoms with Gasteiger partial charge in [0.1, 0.15) is 5.75 Å². The van der Waals surface area contributed by atoms with Crippen LogP contribution in [0.5, 0.6) is 5.75 Å². The number of phenolic OH excluding ortho intramolecular Hbond substituents is 1. The minimum absolute atomic E-state index is 0.0214. The van der Waals surface area contributed by atoms with Gasteiger partial charge in [-0.2, -0.15) is 0 Å². The van der Waals surface area contributed by atoms with Crippen molar-refractivity contribution in [1.29, 1.82) is 0 Å². The van der Waals surface area contributed by atoms with Gasteiger partial charge < -0.3 is 15.0 Å². The van der Waals surface area contributed by atoms with Crippen molar-refractivity contribution in [3.63, 3.8) is 0 Å². The third kappa shape index (κ3) is 3.71. The Kier molecular flexibility index (Phi) is 5.01. The Morgan fingerprint density at radius 1 is 1.13 bits per heavy atom. The fraction of sp³-hybridized carbons (Fsp3) is 0.333. The van der Waals surface area contributed by atoms with Crippen LogP contribution in [0.15, 0.2) is 54.9 Å². The highest BCUT2D eigenvalue weighted by atomic mass is 16.3. The van der Waals surface area contributed by atoms with Gasteiger partial charge in [-0.15, -0.1) is 0 Å². The quantitative estimate of drug-likeness (QED) is 0.701. The predicted octanol–water partition coefficient (Wildman–Crippen LogP) is 3.50. The molecule has 30 heavy (non-hydrogen) atoms. The van der Waals surface area contributed by atoms with Crippen molar-refractivity contribution in [3.05, 3.63) is 82.9 Å². The molecule has 3 heterocycles. The topological polar surface area (TPSA) is 72.5 Å². The number of likely N-dealkylation sites (tertiary alicyclic amines) is 1. The summed E-state index contributed by atoms with van der Waals surface area (Å²) in [7, 11) is 0. The molecule has 0 spiro atoms. The summed E-state index contributed by atoms with van der Waals surface area (Å²) in [4.78, 5) is 25.3. The molecule has 0 radical (unpaired) electrons. The van der Waals surface area contributed by atoms with E-state index in [-0.39, 0.29) is 17.6 Å². The molecule has 2 aliphatic rings. The van der Waals surface area contributed by atoms with E-state index in [1.165, 1.54) is 18.4 Å². The largest absolute Gasteiger partial charge is 0.508 e. The number of aromatic hydroxyl groups is 1. The van der Waals surface area contributed by atoms with E-state index in [1.54, 1.807) is 18.5 Å². The summed E-state index contributed by atoms with van der Waals surface area (Å²) >= 11 is 0. The van der Waals surface area contributed by atoms with Crippen molar-refractivity contribution in [3.8, 4) is 5.75 Å². The number of imidazole rings is 1. The number of H-pyrrole nitrogens is 1. The van der Waals surface area contributed by atoms with Crippen LogP contribution in [0.25, 0.3) is 0 Å². The average Bonchev–Trinajstić information content (AvgIpc) is 3.45. The molecule has 1 aromatic heterocycles. The minimum Gasteiger partial charge on any atom is -0.508 e. The molecule has 6 nitrogen and oxygen atoms in total. The van der Waals surface area contributed by atoms with Crippen molar-refractivity contribution in [2.24, 2.45) is 0 Å². The van der Waals surface area contributed by atoms with Crippen LogP contribution in [-0.4, -0.2) is 50.4 Å². The second kappa shape index (κ2) is 7.95. The first-order valence-corrected chi connectivity index (χ1v) is 10.6. The summed E-state index contributed by atoms with van der Waals surface area (Å²) in [6.45, 7) is 4.33. The number of carbonyl (C=O) groups excluding carboxylic acids is 1. The van der Waals surface area contributed by atoms with Crippen LogP contribution in [-0.2, 0) is 13.1 Å². The Balaban J connectivity index is 1.35. The van der Waals surface area contributed by atoms with Crippen LogP contribution in [0.4, 0.5) is 0 Å². The lowest BCUT2D eigenvalue weighted by Gasteiger charge is -2.32. The maximum Gasteiger partial charge on any atom is 0.254 e. The number of benzene rings is 2. The number of fused-ring (bicyclic) bond motifs is 1. The molecule has 154 valence electrons. The first kappa shape index (κ1) is 18.9. The summed E-state index contributed by atoms with van der Waals surface area (Å²) in [6.07, 6.45) is 4.24. The van der Waals surface area contributed by atoms with Crippen molar-refractivity contribution in [2.75, 3.05) is 19.6 Å². The summed E-state index contributed by atoms with van der Waals surface area (Å²) in [5.41, 5.74) is 4.82. The molecule has 2 aromatic carbocycles. The maximum absolute atomic E-state index is 13.3. The van der Waals surface area contributed by atoms with Gasteiger partial charge in [-0.3, -0.25) is 9.69 Å². The zero-order valence-corrected chi connectivity index (χ0v) is 16.9. The fourth-order valence-corrected chi connectivity index (χ4v) is 4.61. The third-order valence-corrected chi connectivity index (χ3v) is 6.20. The zero-order valence-electron chi connectivity index (χ0n) is 16.9. The highest BCUT2D eigenvalue weighted by molar-refractivity contribution is 5.94. The summed E-state index contributed by atoms with van der Waals surface area (Å²) in [5, 5.41) is 9.91. The van der Waals surface area contributed by atoms with Crippen LogP contribution >= 0.6 is 0 Å². The molecule has 1 unspecified atom stereocenters. The molecule has 6 heteroatoms. The molecule has 2 aliphatic heterocycles. The van der Waals surface area contributed by atoms with Crippen LogP contribution in [0.1, 0.15) is 51.6 Å². The van der Waals surface area contributed by atoms with Crippen molar-refractivity contribution >= 4 is 5.91 Å². The van der Waals surface area contributed by atoms with Gasteiger partial charge in [0.05, 0.1) is 24.3 Å². The maximum atomic E-state index is 13.3. The Morgan fingerprint density at radius 2 is 1.93 bits per heavy atom. The molecule has 1 fully saturated rings. The lowest BCUT2D eigenvalue weighted by molar-refractivity contribution is 0.0722. The van der Waals surface area contributed by atoms with E-state index in [0.29, 0.717) is 18.7 Å². The van der Waals surface area contributed by atoms with Crippen LogP contribution < -0.4 is 0 Å². The molecular weight excluding hydrogens is 376 g/mol. The van der Waals surface area contributed by atoms with Crippen LogP contribution in [0.3, 0.4) is 0 Å². The van der Waals surface area contributed by atoms with Gasteiger partial charge in [-0.25, -0.2) is 4.98 Å². The normalized spacial score (nSPS) is 19.1. The molecule has 1 atom stereocenters. The monoisotopic (exact) mass is 402 g/mol. The Bertz CT molecular complexity index is 1040. The van der Waals surface area contributed by atoms with E-state index in [0.717, 1.165) is 36.6 Å². The van der Waals surface area contributed by atoms with E-state index in [9.17, 15) is 9.90 Å². The highest BCUT2D eigenvalue weighted by Crippen LogP contribution is 2.33. The van der Waals surface area contributed by atoms with E-state index in [1.807, 2.05) is 29.2 Å². The molecule has 0 saturated carbocycles. The van der Waals surface area contributed by atoms with Gasteiger partial charge in [-0.05, 0) is 61.3 Å². The van der Waals surface area contributed by atoms with Crippen molar-refractivity contribution < 1.29 is 9.90 Å². The number of carbonyl (C=O) groups is 1. The number of amides is 1. The lowest BCUT2D eigenvalue weighted by atomic mass is 9.90. The van der Waals surface area contributed by atoms with Gasteiger partial charge in [0.15, 0.2) is 0 Å². The smallest absolute Gasteiger partial charge is 0.254 e. The summed E-state index contributed by atoms with van der Waals surface area (Å²) in [6, 6.07) is 15.3. The number of rotatable bonds is 4. The Morgan fingerprint density at radius 3 is 2.70 bits per heavy atom. The van der Waals surface area contributed by atoms with E-state index in [4.69, 9.17) is 0 Å². The fourth-order valence-electron chi connectivity index (χ4n) is 4.61. The van der Waals surface area contributed by atoms with E-state index in [2.05, 4.69) is 27.0 Å². The zero-order chi connectivity index (χ0) is 20.5. The number of aromatic nitrogens is 2. The summed E-state index contributed by atoms with van der Waals surface area (Å²) < 4.78 is 0. The van der Waals surface area contributed by atoms with E-state index >= 15 is 0 Å². The first-order valence-electron chi connectivity index (χ1n) is 10.6. The number of aromatic amines is 1. The molecule has 1 amide bonds. The van der Waals surface area contributed by atoms with Crippen LogP contribution in [0, 0.1) is 0 Å². The first-order chi connectivity index (χ1) is 14.7. The van der Waals surface area contributed by atoms with E-state index < -0.39 is 0 Å². The van der Waals surface area contributed by atoms with Gasteiger partial charge >= 0.3 is 0 Å². The molecule has 1 saturated heterocycles. The number of nitrogens with zero attached hydrogens (tertiary/aromatic N) is 3. The predicted molar refractivity (Wildman–Crippen MR) is 114 cm³/mol. The molecule has 0 aliphatic carbocycles. The number of hydrogen-bond donors (Lipinski definition) is 2. The number of nitrogens with one attached hydrogen (secondary N) is 1. The third-order valence-electron chi connectivity index (χ3n) is 6.20. The highest BCUT2D eigenvalue weighted by Gasteiger charge is 2.32. The minimum atomic E-state index is -0.0644. The van der Waals surface area contributed by atoms with Gasteiger partial charge in [0, 0.05) is 24.6 Å². The molecule has 5 rings (SSSR count). The van der Waals surface area contributed by atoms with Gasteiger partial charge in [-0.1, -0.05) is 24.3 Å². The Hall–Kier alpha value is -3.12. The SMILES string of the molecule is O=C(c1ccc(CN2CCCC2)cc1)N1Cc2[nH]cnc2C(c2cccc(O)c2)C1. The van der Waals surface area contributed by atoms with Gasteiger partial charge in [0.2, 0.25) is 0 Å².